The van der Waals surface area contributed by atoms with Gasteiger partial charge in [-0.05, 0) is 48.5 Å². The number of likely N-dealkylation sites (N-methyl/N-ethyl adjacent to an activating group) is 1. The van der Waals surface area contributed by atoms with Gasteiger partial charge in [0, 0.05) is 17.0 Å². The molecule has 0 unspecified atom stereocenters. The van der Waals surface area contributed by atoms with Gasteiger partial charge in [0.05, 0.1) is 0 Å². The Morgan fingerprint density at radius 2 is 1.36 bits per heavy atom. The molecule has 0 atom stereocenters. The van der Waals surface area contributed by atoms with Crippen LogP contribution >= 0.6 is 24.0 Å². The molecule has 2 rings (SSSR count). The van der Waals surface area contributed by atoms with Crippen molar-refractivity contribution >= 4 is 24.0 Å². The predicted octanol–water partition coefficient (Wildman–Crippen LogP) is 5.81. The Morgan fingerprint density at radius 3 is 1.84 bits per heavy atom. The number of hydrogen-bond donors (Lipinski definition) is 0. The van der Waals surface area contributed by atoms with E-state index in [-0.39, 0.29) is 17.8 Å². The minimum absolute atomic E-state index is 0. The molecule has 0 spiro atoms. The summed E-state index contributed by atoms with van der Waals surface area (Å²) in [6.45, 7) is 12.6. The highest BCUT2D eigenvalue weighted by Crippen LogP contribution is 2.32. The number of rotatable bonds is 8. The minimum Gasteiger partial charge on any atom is -0.492 e. The second kappa shape index (κ2) is 10.1. The number of nitrogens with zero attached hydrogens (tertiary/aromatic N) is 1. The van der Waals surface area contributed by atoms with Crippen molar-refractivity contribution < 1.29 is 4.74 Å². The van der Waals surface area contributed by atoms with Crippen molar-refractivity contribution in [2.24, 2.45) is 0 Å². The van der Waals surface area contributed by atoms with Gasteiger partial charge in [-0.1, -0.05) is 63.6 Å². The summed E-state index contributed by atoms with van der Waals surface area (Å²) in [5, 5.41) is 0.770. The fourth-order valence-electron chi connectivity index (χ4n) is 2.83. The van der Waals surface area contributed by atoms with Crippen LogP contribution in [-0.4, -0.2) is 31.1 Å². The molecule has 0 saturated heterocycles. The van der Waals surface area contributed by atoms with Crippen LogP contribution in [0.1, 0.15) is 38.8 Å². The van der Waals surface area contributed by atoms with Crippen LogP contribution in [-0.2, 0) is 5.41 Å². The molecule has 0 aromatic heterocycles. The number of halogens is 2. The van der Waals surface area contributed by atoms with Crippen LogP contribution in [0.3, 0.4) is 0 Å². The van der Waals surface area contributed by atoms with Crippen LogP contribution in [0.4, 0.5) is 0 Å². The van der Waals surface area contributed by atoms with E-state index in [2.05, 4.69) is 69.0 Å². The molecular weight excluding hydrogens is 353 g/mol. The Morgan fingerprint density at radius 1 is 0.880 bits per heavy atom. The van der Waals surface area contributed by atoms with Crippen molar-refractivity contribution in [1.29, 1.82) is 0 Å². The monoisotopic (exact) mass is 381 g/mol. The largest absolute Gasteiger partial charge is 0.492 e. The third-order valence-corrected chi connectivity index (χ3v) is 4.96. The molecule has 0 aliphatic carbocycles. The number of hydrogen-bond acceptors (Lipinski definition) is 2. The van der Waals surface area contributed by atoms with Crippen LogP contribution in [0.5, 0.6) is 5.75 Å². The van der Waals surface area contributed by atoms with Crippen molar-refractivity contribution in [2.75, 3.05) is 26.2 Å². The van der Waals surface area contributed by atoms with Gasteiger partial charge in [0.15, 0.2) is 0 Å². The minimum atomic E-state index is -0.0651. The first-order valence-corrected chi connectivity index (χ1v) is 9.07. The molecule has 0 fully saturated rings. The standard InChI is InChI=1S/C21H28ClNO.ClH/c1-5-23(6-2)15-16-24-20-13-9-18(10-14-20)21(3,4)17-7-11-19(22)12-8-17;/h7-14H,5-6,15-16H2,1-4H3;1H. The Bertz CT molecular complexity index is 619. The van der Waals surface area contributed by atoms with E-state index in [9.17, 15) is 0 Å². The first-order valence-electron chi connectivity index (χ1n) is 8.69. The summed E-state index contributed by atoms with van der Waals surface area (Å²) in [5.74, 6) is 0.929. The van der Waals surface area contributed by atoms with E-state index in [1.807, 2.05) is 12.1 Å². The lowest BCUT2D eigenvalue weighted by molar-refractivity contribution is 0.223. The highest BCUT2D eigenvalue weighted by Gasteiger charge is 2.22. The quantitative estimate of drug-likeness (QED) is 0.571. The molecule has 4 heteroatoms. The summed E-state index contributed by atoms with van der Waals surface area (Å²) < 4.78 is 5.87. The fraction of sp³-hybridized carbons (Fsp3) is 0.429. The number of benzene rings is 2. The zero-order valence-corrected chi connectivity index (χ0v) is 17.2. The first-order chi connectivity index (χ1) is 11.5. The molecule has 0 N–H and O–H groups in total. The van der Waals surface area contributed by atoms with Crippen LogP contribution in [0.2, 0.25) is 5.02 Å². The predicted molar refractivity (Wildman–Crippen MR) is 111 cm³/mol. The molecule has 0 aliphatic rings. The summed E-state index contributed by atoms with van der Waals surface area (Å²) in [5.41, 5.74) is 2.45. The van der Waals surface area contributed by atoms with Crippen molar-refractivity contribution in [2.45, 2.75) is 33.1 Å². The molecule has 0 amide bonds. The molecule has 25 heavy (non-hydrogen) atoms. The maximum Gasteiger partial charge on any atom is 0.119 e. The van der Waals surface area contributed by atoms with E-state index in [0.717, 1.165) is 37.0 Å². The van der Waals surface area contributed by atoms with E-state index in [4.69, 9.17) is 16.3 Å². The van der Waals surface area contributed by atoms with Gasteiger partial charge in [-0.25, -0.2) is 0 Å². The fourth-order valence-corrected chi connectivity index (χ4v) is 2.96. The van der Waals surface area contributed by atoms with Crippen LogP contribution in [0.25, 0.3) is 0 Å². The molecule has 0 saturated carbocycles. The van der Waals surface area contributed by atoms with E-state index in [1.165, 1.54) is 11.1 Å². The van der Waals surface area contributed by atoms with Gasteiger partial charge in [-0.2, -0.15) is 0 Å². The lowest BCUT2D eigenvalue weighted by Crippen LogP contribution is -2.27. The van der Waals surface area contributed by atoms with Gasteiger partial charge < -0.3 is 9.64 Å². The van der Waals surface area contributed by atoms with Crippen molar-refractivity contribution in [3.63, 3.8) is 0 Å². The normalized spacial score (nSPS) is 11.3. The zero-order chi connectivity index (χ0) is 17.6. The van der Waals surface area contributed by atoms with E-state index in [0.29, 0.717) is 0 Å². The van der Waals surface area contributed by atoms with Crippen molar-refractivity contribution in [1.82, 2.24) is 4.90 Å². The summed E-state index contributed by atoms with van der Waals surface area (Å²) >= 11 is 6.00. The molecule has 2 aromatic rings. The zero-order valence-electron chi connectivity index (χ0n) is 15.6. The van der Waals surface area contributed by atoms with Gasteiger partial charge in [0.25, 0.3) is 0 Å². The summed E-state index contributed by atoms with van der Waals surface area (Å²) in [6.07, 6.45) is 0. The summed E-state index contributed by atoms with van der Waals surface area (Å²) in [6, 6.07) is 16.5. The Labute approximate surface area is 163 Å². The van der Waals surface area contributed by atoms with Gasteiger partial charge >= 0.3 is 0 Å². The lowest BCUT2D eigenvalue weighted by Gasteiger charge is -2.26. The third-order valence-electron chi connectivity index (χ3n) is 4.71. The maximum absolute atomic E-state index is 6.00. The van der Waals surface area contributed by atoms with Crippen LogP contribution < -0.4 is 4.74 Å². The maximum atomic E-state index is 6.00. The highest BCUT2D eigenvalue weighted by atomic mass is 35.5. The first kappa shape index (κ1) is 21.8. The van der Waals surface area contributed by atoms with Gasteiger partial charge in [0.1, 0.15) is 12.4 Å². The molecule has 2 nitrogen and oxygen atoms in total. The van der Waals surface area contributed by atoms with Crippen LogP contribution in [0.15, 0.2) is 48.5 Å². The smallest absolute Gasteiger partial charge is 0.119 e. The Hall–Kier alpha value is -1.22. The van der Waals surface area contributed by atoms with E-state index in [1.54, 1.807) is 0 Å². The van der Waals surface area contributed by atoms with Gasteiger partial charge in [-0.15, -0.1) is 12.4 Å². The lowest BCUT2D eigenvalue weighted by atomic mass is 9.78. The van der Waals surface area contributed by atoms with Crippen molar-refractivity contribution in [3.05, 3.63) is 64.7 Å². The topological polar surface area (TPSA) is 12.5 Å². The molecule has 0 bridgehead atoms. The second-order valence-corrected chi connectivity index (χ2v) is 6.97. The third kappa shape index (κ3) is 5.91. The molecule has 138 valence electrons. The molecule has 2 aromatic carbocycles. The second-order valence-electron chi connectivity index (χ2n) is 6.53. The molecule has 0 radical (unpaired) electrons. The van der Waals surface area contributed by atoms with E-state index >= 15 is 0 Å². The Balaban J connectivity index is 0.00000312. The number of ether oxygens (including phenoxy) is 1. The van der Waals surface area contributed by atoms with Crippen LogP contribution in [0, 0.1) is 0 Å². The van der Waals surface area contributed by atoms with Gasteiger partial charge in [-0.3, -0.25) is 0 Å². The Kier molecular flexibility index (Phi) is 8.78. The molecule has 0 aliphatic heterocycles. The highest BCUT2D eigenvalue weighted by molar-refractivity contribution is 6.30. The van der Waals surface area contributed by atoms with Crippen molar-refractivity contribution in [3.8, 4) is 5.75 Å². The average Bonchev–Trinajstić information content (AvgIpc) is 2.59. The average molecular weight is 382 g/mol. The summed E-state index contributed by atoms with van der Waals surface area (Å²) in [4.78, 5) is 2.36. The molecule has 0 heterocycles. The van der Waals surface area contributed by atoms with E-state index < -0.39 is 0 Å². The molecular formula is C21H29Cl2NO. The SMILES string of the molecule is CCN(CC)CCOc1ccc(C(C)(C)c2ccc(Cl)cc2)cc1.Cl. The van der Waals surface area contributed by atoms with Gasteiger partial charge in [0.2, 0.25) is 0 Å². The summed E-state index contributed by atoms with van der Waals surface area (Å²) in [7, 11) is 0.